The number of nitrogens with one attached hydrogen (secondary N) is 3. The summed E-state index contributed by atoms with van der Waals surface area (Å²) in [7, 11) is 0. The minimum Gasteiger partial charge on any atom is -0.335 e. The van der Waals surface area contributed by atoms with E-state index in [0.717, 1.165) is 16.6 Å². The van der Waals surface area contributed by atoms with Gasteiger partial charge in [-0.1, -0.05) is 20.8 Å². The first-order valence-electron chi connectivity index (χ1n) is 7.88. The number of fused-ring (bicyclic) bond motifs is 1. The van der Waals surface area contributed by atoms with E-state index in [2.05, 4.69) is 46.6 Å². The van der Waals surface area contributed by atoms with E-state index >= 15 is 0 Å². The van der Waals surface area contributed by atoms with Gasteiger partial charge >= 0.3 is 6.03 Å². The van der Waals surface area contributed by atoms with Crippen LogP contribution in [0.5, 0.6) is 0 Å². The average molecular weight is 326 g/mol. The molecule has 126 valence electrons. The molecule has 0 aliphatic carbocycles. The molecule has 1 aromatic carbocycles. The molecule has 0 fully saturated rings. The van der Waals surface area contributed by atoms with Crippen LogP contribution >= 0.6 is 0 Å². The van der Waals surface area contributed by atoms with Crippen LogP contribution in [0.4, 0.5) is 10.5 Å². The average Bonchev–Trinajstić information content (AvgIpc) is 3.16. The third-order valence-electron chi connectivity index (χ3n) is 4.00. The molecule has 0 saturated heterocycles. The van der Waals surface area contributed by atoms with E-state index < -0.39 is 0 Å². The zero-order valence-electron chi connectivity index (χ0n) is 14.1. The summed E-state index contributed by atoms with van der Waals surface area (Å²) >= 11 is 0. The van der Waals surface area contributed by atoms with Crippen LogP contribution < -0.4 is 10.6 Å². The number of nitrogens with zero attached hydrogens (tertiary/aromatic N) is 3. The van der Waals surface area contributed by atoms with Crippen LogP contribution in [-0.2, 0) is 6.54 Å². The molecule has 0 unspecified atom stereocenters. The molecule has 1 atom stereocenters. The normalized spacial score (nSPS) is 13.0. The molecule has 24 heavy (non-hydrogen) atoms. The highest BCUT2D eigenvalue weighted by Gasteiger charge is 2.26. The smallest absolute Gasteiger partial charge is 0.319 e. The Morgan fingerprint density at radius 1 is 1.38 bits per heavy atom. The Hall–Kier alpha value is -2.83. The van der Waals surface area contributed by atoms with Crippen molar-refractivity contribution in [2.75, 3.05) is 5.32 Å². The number of H-pyrrole nitrogens is 1. The molecule has 0 aliphatic heterocycles. The molecule has 3 rings (SSSR count). The van der Waals surface area contributed by atoms with Crippen LogP contribution in [0.3, 0.4) is 0 Å². The summed E-state index contributed by atoms with van der Waals surface area (Å²) in [5.74, 6) is 0. The Bertz CT molecular complexity index is 815. The van der Waals surface area contributed by atoms with Crippen molar-refractivity contribution in [1.29, 1.82) is 0 Å². The Labute approximate surface area is 140 Å². The number of hydrogen-bond donors (Lipinski definition) is 3. The van der Waals surface area contributed by atoms with Gasteiger partial charge < -0.3 is 15.2 Å². The van der Waals surface area contributed by atoms with Crippen LogP contribution in [0, 0.1) is 5.41 Å². The standard InChI is InChI=1S/C17H22N6O/c1-17(2,3)15(10-23-7-6-18-11-23)21-16(24)20-13-4-5-14-12(8-13)9-19-22-14/h4-9,11,15H,10H2,1-3H3,(H,19,22)(H2,20,21,24)/t15-/m1/s1. The van der Waals surface area contributed by atoms with Crippen molar-refractivity contribution in [3.05, 3.63) is 43.1 Å². The van der Waals surface area contributed by atoms with Crippen molar-refractivity contribution in [2.45, 2.75) is 33.4 Å². The fraction of sp³-hybridized carbons (Fsp3) is 0.353. The SMILES string of the molecule is CC(C)(C)[C@@H](Cn1ccnc1)NC(=O)Nc1ccc2[nH]ncc2c1. The predicted octanol–water partition coefficient (Wildman–Crippen LogP) is 3.00. The predicted molar refractivity (Wildman–Crippen MR) is 93.7 cm³/mol. The molecule has 7 nitrogen and oxygen atoms in total. The number of aromatic amines is 1. The Balaban J connectivity index is 1.68. The summed E-state index contributed by atoms with van der Waals surface area (Å²) in [6.45, 7) is 6.98. The first kappa shape index (κ1) is 16.0. The van der Waals surface area contributed by atoms with Gasteiger partial charge in [-0.15, -0.1) is 0 Å². The lowest BCUT2D eigenvalue weighted by molar-refractivity contribution is 0.219. The molecular weight excluding hydrogens is 304 g/mol. The van der Waals surface area contributed by atoms with Crippen molar-refractivity contribution >= 4 is 22.6 Å². The van der Waals surface area contributed by atoms with Crippen LogP contribution in [0.2, 0.25) is 0 Å². The first-order chi connectivity index (χ1) is 11.4. The number of amides is 2. The topological polar surface area (TPSA) is 87.6 Å². The summed E-state index contributed by atoms with van der Waals surface area (Å²) in [5, 5.41) is 13.8. The molecule has 0 bridgehead atoms. The van der Waals surface area contributed by atoms with Gasteiger partial charge in [0.25, 0.3) is 0 Å². The van der Waals surface area contributed by atoms with Gasteiger partial charge in [-0.05, 0) is 23.6 Å². The van der Waals surface area contributed by atoms with E-state index in [1.165, 1.54) is 0 Å². The molecule has 0 aliphatic rings. The zero-order valence-corrected chi connectivity index (χ0v) is 14.1. The summed E-state index contributed by atoms with van der Waals surface area (Å²) < 4.78 is 1.97. The van der Waals surface area contributed by atoms with Crippen molar-refractivity contribution in [1.82, 2.24) is 25.1 Å². The number of urea groups is 1. The van der Waals surface area contributed by atoms with E-state index in [9.17, 15) is 4.79 Å². The minimum absolute atomic E-state index is 0.0376. The Kier molecular flexibility index (Phi) is 4.24. The van der Waals surface area contributed by atoms with Gasteiger partial charge in [0.1, 0.15) is 0 Å². The van der Waals surface area contributed by atoms with Crippen LogP contribution in [-0.4, -0.2) is 31.8 Å². The van der Waals surface area contributed by atoms with Gasteiger partial charge in [-0.3, -0.25) is 5.10 Å². The molecule has 7 heteroatoms. The van der Waals surface area contributed by atoms with E-state index in [4.69, 9.17) is 0 Å². The number of imidazole rings is 1. The number of hydrogen-bond acceptors (Lipinski definition) is 3. The second-order valence-electron chi connectivity index (χ2n) is 6.95. The maximum Gasteiger partial charge on any atom is 0.319 e. The lowest BCUT2D eigenvalue weighted by Crippen LogP contribution is -2.47. The van der Waals surface area contributed by atoms with Gasteiger partial charge in [0.05, 0.1) is 24.1 Å². The van der Waals surface area contributed by atoms with E-state index in [-0.39, 0.29) is 17.5 Å². The van der Waals surface area contributed by atoms with Gasteiger partial charge in [0.15, 0.2) is 0 Å². The van der Waals surface area contributed by atoms with E-state index in [1.807, 2.05) is 29.0 Å². The minimum atomic E-state index is -0.224. The van der Waals surface area contributed by atoms with E-state index in [1.54, 1.807) is 18.7 Å². The molecular formula is C17H22N6O. The number of rotatable bonds is 4. The fourth-order valence-electron chi connectivity index (χ4n) is 2.49. The molecule has 0 radical (unpaired) electrons. The second-order valence-corrected chi connectivity index (χ2v) is 6.95. The molecule has 0 spiro atoms. The largest absolute Gasteiger partial charge is 0.335 e. The lowest BCUT2D eigenvalue weighted by atomic mass is 9.86. The van der Waals surface area contributed by atoms with Gasteiger partial charge in [0.2, 0.25) is 0 Å². The van der Waals surface area contributed by atoms with Crippen molar-refractivity contribution in [2.24, 2.45) is 5.41 Å². The molecule has 3 aromatic rings. The molecule has 3 N–H and O–H groups in total. The Morgan fingerprint density at radius 3 is 2.92 bits per heavy atom. The number of anilines is 1. The molecule has 2 heterocycles. The van der Waals surface area contributed by atoms with Crippen molar-refractivity contribution in [3.8, 4) is 0 Å². The highest BCUT2D eigenvalue weighted by molar-refractivity contribution is 5.92. The Morgan fingerprint density at radius 2 is 2.21 bits per heavy atom. The number of carbonyl (C=O) groups is 1. The van der Waals surface area contributed by atoms with Crippen molar-refractivity contribution in [3.63, 3.8) is 0 Å². The highest BCUT2D eigenvalue weighted by Crippen LogP contribution is 2.21. The molecule has 0 saturated carbocycles. The number of aromatic nitrogens is 4. The number of carbonyl (C=O) groups excluding carboxylic acids is 1. The summed E-state index contributed by atoms with van der Waals surface area (Å²) in [5.41, 5.74) is 1.58. The summed E-state index contributed by atoms with van der Waals surface area (Å²) in [4.78, 5) is 16.5. The van der Waals surface area contributed by atoms with Crippen LogP contribution in [0.1, 0.15) is 20.8 Å². The summed E-state index contributed by atoms with van der Waals surface area (Å²) in [6.07, 6.45) is 7.12. The summed E-state index contributed by atoms with van der Waals surface area (Å²) in [6, 6.07) is 5.37. The molecule has 2 amide bonds. The van der Waals surface area contributed by atoms with Crippen molar-refractivity contribution < 1.29 is 4.79 Å². The maximum absolute atomic E-state index is 12.4. The molecule has 2 aromatic heterocycles. The van der Waals surface area contributed by atoms with Gasteiger partial charge in [-0.2, -0.15) is 5.10 Å². The third kappa shape index (κ3) is 3.73. The van der Waals surface area contributed by atoms with E-state index in [0.29, 0.717) is 6.54 Å². The van der Waals surface area contributed by atoms with Crippen LogP contribution in [0.15, 0.2) is 43.1 Å². The third-order valence-corrected chi connectivity index (χ3v) is 4.00. The maximum atomic E-state index is 12.4. The van der Waals surface area contributed by atoms with Crippen LogP contribution in [0.25, 0.3) is 10.9 Å². The zero-order chi connectivity index (χ0) is 17.2. The monoisotopic (exact) mass is 326 g/mol. The van der Waals surface area contributed by atoms with Gasteiger partial charge in [0, 0.05) is 30.0 Å². The quantitative estimate of drug-likeness (QED) is 0.689. The highest BCUT2D eigenvalue weighted by atomic mass is 16.2. The van der Waals surface area contributed by atoms with Gasteiger partial charge in [-0.25, -0.2) is 9.78 Å². The first-order valence-corrected chi connectivity index (χ1v) is 7.88. The lowest BCUT2D eigenvalue weighted by Gasteiger charge is -2.31. The fourth-order valence-corrected chi connectivity index (χ4v) is 2.49. The second kappa shape index (κ2) is 6.35. The number of benzene rings is 1.